The van der Waals surface area contributed by atoms with Crippen molar-refractivity contribution in [1.29, 1.82) is 0 Å². The van der Waals surface area contributed by atoms with Gasteiger partial charge in [-0.3, -0.25) is 4.79 Å². The van der Waals surface area contributed by atoms with Crippen LogP contribution in [0.4, 0.5) is 0 Å². The summed E-state index contributed by atoms with van der Waals surface area (Å²) in [7, 11) is 0. The fourth-order valence-electron chi connectivity index (χ4n) is 1.26. The summed E-state index contributed by atoms with van der Waals surface area (Å²) < 4.78 is 0. The number of aldehydes is 1. The van der Waals surface area contributed by atoms with Crippen molar-refractivity contribution in [2.45, 2.75) is 0 Å². The minimum absolute atomic E-state index is 0.689. The van der Waals surface area contributed by atoms with E-state index in [2.05, 4.69) is 11.5 Å². The van der Waals surface area contributed by atoms with E-state index in [1.165, 1.54) is 0 Å². The summed E-state index contributed by atoms with van der Waals surface area (Å²) in [6.45, 7) is 0. The highest BCUT2D eigenvalue weighted by atomic mass is 16.1. The first kappa shape index (κ1) is 8.52. The average molecular weight is 180 g/mol. The minimum Gasteiger partial charge on any atom is -0.298 e. The highest BCUT2D eigenvalue weighted by Gasteiger charge is 1.97. The Labute approximate surface area is 82.4 Å². The molecule has 2 rings (SSSR count). The summed E-state index contributed by atoms with van der Waals surface area (Å²) >= 11 is 0. The van der Waals surface area contributed by atoms with Crippen molar-refractivity contribution in [3.63, 3.8) is 0 Å². The van der Waals surface area contributed by atoms with Gasteiger partial charge in [0.1, 0.15) is 6.29 Å². The lowest BCUT2D eigenvalue weighted by molar-refractivity contribution is 0.112. The van der Waals surface area contributed by atoms with Gasteiger partial charge in [-0.2, -0.15) is 0 Å². The number of rotatable bonds is 2. The zero-order valence-corrected chi connectivity index (χ0v) is 7.53. The molecule has 66 valence electrons. The normalized spacial score (nSPS) is 12.7. The Balaban J connectivity index is 2.43. The minimum atomic E-state index is 0.689. The van der Waals surface area contributed by atoms with Crippen LogP contribution < -0.4 is 0 Å². The van der Waals surface area contributed by atoms with Gasteiger partial charge in [-0.15, -0.1) is 0 Å². The molecule has 1 aliphatic carbocycles. The maximum atomic E-state index is 10.4. The van der Waals surface area contributed by atoms with Gasteiger partial charge >= 0.3 is 0 Å². The standard InChI is InChI=1S/C13H8O/c14-10-11-6-8-13(9-7-11)12-4-2-1-3-5-12/h1-2,4,6-10H. The number of carbonyl (C=O) groups is 1. The summed E-state index contributed by atoms with van der Waals surface area (Å²) in [6, 6.07) is 7.40. The van der Waals surface area contributed by atoms with E-state index in [1.807, 2.05) is 30.4 Å². The molecule has 0 unspecified atom stereocenters. The van der Waals surface area contributed by atoms with Gasteiger partial charge in [0.25, 0.3) is 0 Å². The van der Waals surface area contributed by atoms with Crippen molar-refractivity contribution in [2.24, 2.45) is 0 Å². The van der Waals surface area contributed by atoms with Crippen LogP contribution in [0.1, 0.15) is 15.9 Å². The maximum Gasteiger partial charge on any atom is 0.150 e. The van der Waals surface area contributed by atoms with E-state index in [1.54, 1.807) is 12.1 Å². The predicted molar refractivity (Wildman–Crippen MR) is 56.0 cm³/mol. The van der Waals surface area contributed by atoms with Gasteiger partial charge in [-0.25, -0.2) is 0 Å². The van der Waals surface area contributed by atoms with Gasteiger partial charge in [0, 0.05) is 11.1 Å². The second-order valence-electron chi connectivity index (χ2n) is 2.95. The van der Waals surface area contributed by atoms with Gasteiger partial charge in [0.15, 0.2) is 0 Å². The molecule has 0 amide bonds. The molecule has 0 N–H and O–H groups in total. The summed E-state index contributed by atoms with van der Waals surface area (Å²) in [6.07, 6.45) is 6.53. The van der Waals surface area contributed by atoms with Gasteiger partial charge in [0.2, 0.25) is 0 Å². The van der Waals surface area contributed by atoms with Crippen LogP contribution in [0, 0.1) is 0 Å². The van der Waals surface area contributed by atoms with Gasteiger partial charge < -0.3 is 0 Å². The first-order chi connectivity index (χ1) is 6.90. The lowest BCUT2D eigenvalue weighted by atomic mass is 10.0. The first-order valence-corrected chi connectivity index (χ1v) is 4.34. The molecule has 0 radical (unpaired) electrons. The third kappa shape index (κ3) is 1.65. The van der Waals surface area contributed by atoms with Crippen molar-refractivity contribution in [3.8, 4) is 0 Å². The van der Waals surface area contributed by atoms with Crippen molar-refractivity contribution in [3.05, 3.63) is 65.1 Å². The largest absolute Gasteiger partial charge is 0.298 e. The van der Waals surface area contributed by atoms with Crippen LogP contribution in [0.5, 0.6) is 0 Å². The molecule has 0 atom stereocenters. The quantitative estimate of drug-likeness (QED) is 0.505. The first-order valence-electron chi connectivity index (χ1n) is 4.34. The van der Waals surface area contributed by atoms with E-state index in [-0.39, 0.29) is 0 Å². The molecular weight excluding hydrogens is 172 g/mol. The number of hydrogen-bond donors (Lipinski definition) is 0. The Bertz CT molecular complexity index is 476. The molecule has 1 aliphatic rings. The predicted octanol–water partition coefficient (Wildman–Crippen LogP) is 2.76. The Morgan fingerprint density at radius 1 is 1.14 bits per heavy atom. The second kappa shape index (κ2) is 3.76. The van der Waals surface area contributed by atoms with Gasteiger partial charge in [0.05, 0.1) is 0 Å². The summed E-state index contributed by atoms with van der Waals surface area (Å²) in [5.74, 6) is 0. The Morgan fingerprint density at radius 2 is 1.93 bits per heavy atom. The van der Waals surface area contributed by atoms with E-state index in [0.29, 0.717) is 5.56 Å². The van der Waals surface area contributed by atoms with E-state index < -0.39 is 0 Å². The van der Waals surface area contributed by atoms with Gasteiger partial charge in [-0.1, -0.05) is 41.8 Å². The third-order valence-corrected chi connectivity index (χ3v) is 2.01. The molecule has 0 heterocycles. The number of hydrogen-bond acceptors (Lipinski definition) is 1. The highest BCUT2D eigenvalue weighted by Crippen LogP contribution is 2.16. The smallest absolute Gasteiger partial charge is 0.150 e. The van der Waals surface area contributed by atoms with Crippen LogP contribution in [-0.4, -0.2) is 6.29 Å². The maximum absolute atomic E-state index is 10.4. The monoisotopic (exact) mass is 180 g/mol. The topological polar surface area (TPSA) is 17.1 Å². The van der Waals surface area contributed by atoms with Crippen LogP contribution in [0.3, 0.4) is 0 Å². The molecule has 0 aromatic heterocycles. The fraction of sp³-hybridized carbons (Fsp3) is 0. The average Bonchev–Trinajstić information content (AvgIpc) is 2.30. The molecule has 1 aromatic carbocycles. The highest BCUT2D eigenvalue weighted by molar-refractivity contribution is 5.79. The number of benzene rings is 1. The Hall–Kier alpha value is -2.07. The summed E-state index contributed by atoms with van der Waals surface area (Å²) in [5, 5.41) is 0. The van der Waals surface area contributed by atoms with Crippen LogP contribution in [0.25, 0.3) is 5.57 Å². The van der Waals surface area contributed by atoms with E-state index in [9.17, 15) is 4.79 Å². The summed E-state index contributed by atoms with van der Waals surface area (Å²) in [5.41, 5.74) is 8.63. The van der Waals surface area contributed by atoms with E-state index >= 15 is 0 Å². The molecule has 1 heteroatoms. The van der Waals surface area contributed by atoms with Crippen molar-refractivity contribution in [1.82, 2.24) is 0 Å². The fourth-order valence-corrected chi connectivity index (χ4v) is 1.26. The third-order valence-electron chi connectivity index (χ3n) is 2.01. The number of carbonyl (C=O) groups excluding carboxylic acids is 1. The van der Waals surface area contributed by atoms with Crippen molar-refractivity contribution in [2.75, 3.05) is 0 Å². The zero-order valence-electron chi connectivity index (χ0n) is 7.53. The molecule has 0 fully saturated rings. The zero-order chi connectivity index (χ0) is 9.80. The van der Waals surface area contributed by atoms with E-state index in [0.717, 1.165) is 17.4 Å². The number of allylic oxidation sites excluding steroid dienone is 4. The lowest BCUT2D eigenvalue weighted by Gasteiger charge is -1.99. The van der Waals surface area contributed by atoms with Crippen molar-refractivity contribution >= 4 is 11.9 Å². The van der Waals surface area contributed by atoms with Crippen molar-refractivity contribution < 1.29 is 4.79 Å². The van der Waals surface area contributed by atoms with Crippen LogP contribution in [0.15, 0.2) is 54.0 Å². The Kier molecular flexibility index (Phi) is 2.29. The molecule has 0 saturated carbocycles. The SMILES string of the molecule is O=Cc1ccc(C2=C=C=CC=C2)cc1. The van der Waals surface area contributed by atoms with Crippen LogP contribution >= 0.6 is 0 Å². The molecule has 14 heavy (non-hydrogen) atoms. The molecule has 0 saturated heterocycles. The molecular formula is C13H8O. The molecule has 0 bridgehead atoms. The van der Waals surface area contributed by atoms with Crippen LogP contribution in [-0.2, 0) is 0 Å². The Morgan fingerprint density at radius 3 is 2.50 bits per heavy atom. The molecule has 1 nitrogen and oxygen atoms in total. The molecule has 0 aliphatic heterocycles. The van der Waals surface area contributed by atoms with Crippen LogP contribution in [0.2, 0.25) is 0 Å². The molecule has 1 aromatic rings. The molecule has 0 spiro atoms. The summed E-state index contributed by atoms with van der Waals surface area (Å²) in [4.78, 5) is 10.4. The van der Waals surface area contributed by atoms with Gasteiger partial charge in [-0.05, 0) is 17.7 Å². The lowest BCUT2D eigenvalue weighted by Crippen LogP contribution is -1.83. The van der Waals surface area contributed by atoms with E-state index in [4.69, 9.17) is 0 Å². The second-order valence-corrected chi connectivity index (χ2v) is 2.95.